The van der Waals surface area contributed by atoms with E-state index in [9.17, 15) is 10.1 Å². The molecule has 0 aliphatic heterocycles. The van der Waals surface area contributed by atoms with Gasteiger partial charge in [0, 0.05) is 6.07 Å². The van der Waals surface area contributed by atoms with Gasteiger partial charge in [0.25, 0.3) is 11.6 Å². The van der Waals surface area contributed by atoms with Crippen LogP contribution in [0.2, 0.25) is 5.02 Å². The zero-order valence-corrected chi connectivity index (χ0v) is 14.3. The van der Waals surface area contributed by atoms with Gasteiger partial charge in [0.15, 0.2) is 6.61 Å². The summed E-state index contributed by atoms with van der Waals surface area (Å²) in [6.45, 7) is 3.49. The van der Waals surface area contributed by atoms with E-state index in [0.29, 0.717) is 27.7 Å². The number of nitro benzene ring substituents is 1. The van der Waals surface area contributed by atoms with Crippen LogP contribution >= 0.6 is 11.6 Å². The third-order valence-corrected chi connectivity index (χ3v) is 4.02. The number of halogens is 1. The van der Waals surface area contributed by atoms with Crippen molar-refractivity contribution in [1.29, 1.82) is 0 Å². The molecule has 0 radical (unpaired) electrons. The van der Waals surface area contributed by atoms with Gasteiger partial charge < -0.3 is 9.26 Å². The van der Waals surface area contributed by atoms with Gasteiger partial charge >= 0.3 is 0 Å². The molecule has 0 atom stereocenters. The van der Waals surface area contributed by atoms with Crippen molar-refractivity contribution in [2.45, 2.75) is 20.5 Å². The number of rotatable bonds is 5. The zero-order chi connectivity index (χ0) is 18.0. The Balaban J connectivity index is 1.81. The van der Waals surface area contributed by atoms with Gasteiger partial charge in [-0.3, -0.25) is 10.1 Å². The standard InChI is InChI=1S/C17H14ClN3O4/c1-10-7-8-14(21(22)23)11(2)16(10)24-9-15-19-17(25-20-15)12-5-3-4-6-13(12)18/h3-8H,9H2,1-2H3. The molecule has 1 heterocycles. The molecule has 8 heteroatoms. The van der Waals surface area contributed by atoms with Gasteiger partial charge in [0.05, 0.1) is 21.1 Å². The minimum atomic E-state index is -0.439. The Kier molecular flexibility index (Phi) is 4.67. The van der Waals surface area contributed by atoms with Crippen molar-refractivity contribution in [3.63, 3.8) is 0 Å². The van der Waals surface area contributed by atoms with Crippen LogP contribution in [0.25, 0.3) is 11.5 Å². The van der Waals surface area contributed by atoms with Gasteiger partial charge in [-0.05, 0) is 37.6 Å². The maximum Gasteiger partial charge on any atom is 0.276 e. The van der Waals surface area contributed by atoms with E-state index in [0.717, 1.165) is 5.56 Å². The van der Waals surface area contributed by atoms with Gasteiger partial charge in [-0.15, -0.1) is 0 Å². The summed E-state index contributed by atoms with van der Waals surface area (Å²) >= 11 is 6.11. The lowest BCUT2D eigenvalue weighted by Crippen LogP contribution is -2.02. The fourth-order valence-corrected chi connectivity index (χ4v) is 2.65. The molecule has 0 saturated carbocycles. The van der Waals surface area contributed by atoms with Crippen molar-refractivity contribution in [3.8, 4) is 17.2 Å². The Bertz CT molecular complexity index is 939. The Morgan fingerprint density at radius 1 is 1.24 bits per heavy atom. The molecule has 3 rings (SSSR count). The Hall–Kier alpha value is -2.93. The molecule has 0 spiro atoms. The van der Waals surface area contributed by atoms with Gasteiger partial charge in [0.2, 0.25) is 5.82 Å². The molecule has 128 valence electrons. The molecule has 25 heavy (non-hydrogen) atoms. The Labute approximate surface area is 148 Å². The average molecular weight is 360 g/mol. The number of ether oxygens (including phenoxy) is 1. The molecule has 2 aromatic carbocycles. The summed E-state index contributed by atoms with van der Waals surface area (Å²) in [4.78, 5) is 14.9. The molecular weight excluding hydrogens is 346 g/mol. The second kappa shape index (κ2) is 6.90. The molecule has 0 amide bonds. The third kappa shape index (κ3) is 3.46. The van der Waals surface area contributed by atoms with E-state index < -0.39 is 4.92 Å². The van der Waals surface area contributed by atoms with Crippen LogP contribution in [-0.4, -0.2) is 15.1 Å². The molecule has 0 N–H and O–H groups in total. The predicted molar refractivity (Wildman–Crippen MR) is 91.6 cm³/mol. The Morgan fingerprint density at radius 3 is 2.72 bits per heavy atom. The predicted octanol–water partition coefficient (Wildman–Crippen LogP) is 4.49. The lowest BCUT2D eigenvalue weighted by atomic mass is 10.1. The highest BCUT2D eigenvalue weighted by Gasteiger charge is 2.18. The van der Waals surface area contributed by atoms with Crippen LogP contribution in [0.15, 0.2) is 40.9 Å². The smallest absolute Gasteiger partial charge is 0.276 e. The number of nitrogens with zero attached hydrogens (tertiary/aromatic N) is 3. The summed E-state index contributed by atoms with van der Waals surface area (Å²) in [7, 11) is 0. The summed E-state index contributed by atoms with van der Waals surface area (Å²) in [6, 6.07) is 10.2. The fraction of sp³-hybridized carbons (Fsp3) is 0.176. The van der Waals surface area contributed by atoms with E-state index in [4.69, 9.17) is 20.9 Å². The van der Waals surface area contributed by atoms with E-state index in [1.165, 1.54) is 6.07 Å². The zero-order valence-electron chi connectivity index (χ0n) is 13.5. The van der Waals surface area contributed by atoms with Crippen LogP contribution in [0.5, 0.6) is 5.75 Å². The van der Waals surface area contributed by atoms with Crippen LogP contribution in [-0.2, 0) is 6.61 Å². The molecule has 3 aromatic rings. The van der Waals surface area contributed by atoms with Crippen LogP contribution in [0.1, 0.15) is 17.0 Å². The first kappa shape index (κ1) is 16.9. The molecular formula is C17H14ClN3O4. The fourth-order valence-electron chi connectivity index (χ4n) is 2.43. The molecule has 0 bridgehead atoms. The van der Waals surface area contributed by atoms with Crippen molar-refractivity contribution in [3.05, 3.63) is 68.5 Å². The number of hydrogen-bond donors (Lipinski definition) is 0. The van der Waals surface area contributed by atoms with Crippen molar-refractivity contribution in [2.24, 2.45) is 0 Å². The molecule has 0 aliphatic rings. The second-order valence-electron chi connectivity index (χ2n) is 5.40. The normalized spacial score (nSPS) is 10.7. The summed E-state index contributed by atoms with van der Waals surface area (Å²) in [5, 5.41) is 15.4. The van der Waals surface area contributed by atoms with E-state index in [1.807, 2.05) is 13.0 Å². The van der Waals surface area contributed by atoms with E-state index in [1.54, 1.807) is 31.2 Å². The number of benzene rings is 2. The summed E-state index contributed by atoms with van der Waals surface area (Å²) < 4.78 is 10.9. The highest BCUT2D eigenvalue weighted by Crippen LogP contribution is 2.31. The maximum absolute atomic E-state index is 11.0. The SMILES string of the molecule is Cc1ccc([N+](=O)[O-])c(C)c1OCc1noc(-c2ccccc2Cl)n1. The number of aromatic nitrogens is 2. The molecule has 0 aliphatic carbocycles. The van der Waals surface area contributed by atoms with Crippen LogP contribution in [0, 0.1) is 24.0 Å². The topological polar surface area (TPSA) is 91.3 Å². The average Bonchev–Trinajstić information content (AvgIpc) is 3.03. The van der Waals surface area contributed by atoms with Crippen molar-refractivity contribution in [1.82, 2.24) is 10.1 Å². The van der Waals surface area contributed by atoms with Crippen molar-refractivity contribution < 1.29 is 14.2 Å². The highest BCUT2D eigenvalue weighted by atomic mass is 35.5. The van der Waals surface area contributed by atoms with Gasteiger partial charge in [-0.1, -0.05) is 28.9 Å². The van der Waals surface area contributed by atoms with Gasteiger partial charge in [0.1, 0.15) is 5.75 Å². The highest BCUT2D eigenvalue weighted by molar-refractivity contribution is 6.33. The second-order valence-corrected chi connectivity index (χ2v) is 5.80. The first-order valence-electron chi connectivity index (χ1n) is 7.42. The summed E-state index contributed by atoms with van der Waals surface area (Å²) in [6.07, 6.45) is 0. The van der Waals surface area contributed by atoms with Crippen LogP contribution < -0.4 is 4.74 Å². The molecule has 7 nitrogen and oxygen atoms in total. The van der Waals surface area contributed by atoms with Crippen molar-refractivity contribution in [2.75, 3.05) is 0 Å². The van der Waals surface area contributed by atoms with E-state index in [2.05, 4.69) is 10.1 Å². The minimum absolute atomic E-state index is 0.00506. The molecule has 1 aromatic heterocycles. The van der Waals surface area contributed by atoms with Crippen LogP contribution in [0.3, 0.4) is 0 Å². The first-order chi connectivity index (χ1) is 12.0. The minimum Gasteiger partial charge on any atom is -0.485 e. The third-order valence-electron chi connectivity index (χ3n) is 3.69. The maximum atomic E-state index is 11.0. The van der Waals surface area contributed by atoms with Gasteiger partial charge in [-0.25, -0.2) is 0 Å². The Morgan fingerprint density at radius 2 is 2.00 bits per heavy atom. The van der Waals surface area contributed by atoms with E-state index in [-0.39, 0.29) is 18.2 Å². The lowest BCUT2D eigenvalue weighted by molar-refractivity contribution is -0.385. The first-order valence-corrected chi connectivity index (χ1v) is 7.80. The largest absolute Gasteiger partial charge is 0.485 e. The summed E-state index contributed by atoms with van der Waals surface area (Å²) in [5.74, 6) is 1.05. The summed E-state index contributed by atoms with van der Waals surface area (Å²) in [5.41, 5.74) is 1.88. The number of nitro groups is 1. The number of aryl methyl sites for hydroxylation is 1. The molecule has 0 saturated heterocycles. The lowest BCUT2D eigenvalue weighted by Gasteiger charge is -2.10. The van der Waals surface area contributed by atoms with Crippen molar-refractivity contribution >= 4 is 17.3 Å². The van der Waals surface area contributed by atoms with E-state index >= 15 is 0 Å². The van der Waals surface area contributed by atoms with Gasteiger partial charge in [-0.2, -0.15) is 4.98 Å². The molecule has 0 unspecified atom stereocenters. The monoisotopic (exact) mass is 359 g/mol. The number of hydrogen-bond acceptors (Lipinski definition) is 6. The molecule has 0 fully saturated rings. The quantitative estimate of drug-likeness (QED) is 0.492. The van der Waals surface area contributed by atoms with Crippen LogP contribution in [0.4, 0.5) is 5.69 Å².